The van der Waals surface area contributed by atoms with Crippen molar-refractivity contribution in [2.75, 3.05) is 0 Å². The summed E-state index contributed by atoms with van der Waals surface area (Å²) in [7, 11) is 0. The molecule has 0 unspecified atom stereocenters. The van der Waals surface area contributed by atoms with Crippen LogP contribution in [0.3, 0.4) is 0 Å². The molecule has 0 fully saturated rings. The molecule has 1 amide bonds. The van der Waals surface area contributed by atoms with Gasteiger partial charge in [-0.2, -0.15) is 0 Å². The van der Waals surface area contributed by atoms with E-state index in [0.29, 0.717) is 5.57 Å². The molecular formula is C13H21NO. The normalized spacial score (nSPS) is 10.6. The second kappa shape index (κ2) is 5.54. The van der Waals surface area contributed by atoms with E-state index < -0.39 is 0 Å². The third kappa shape index (κ3) is 3.08. The van der Waals surface area contributed by atoms with Crippen LogP contribution in [0.1, 0.15) is 33.6 Å². The van der Waals surface area contributed by atoms with E-state index in [2.05, 4.69) is 25.1 Å². The average Bonchev–Trinajstić information content (AvgIpc) is 2.24. The average molecular weight is 207 g/mol. The fourth-order valence-electron chi connectivity index (χ4n) is 1.53. The molecule has 0 spiro atoms. The lowest BCUT2D eigenvalue weighted by molar-refractivity contribution is -0.118. The molecule has 0 aliphatic rings. The Labute approximate surface area is 92.8 Å². The van der Waals surface area contributed by atoms with E-state index in [1.807, 2.05) is 20.8 Å². The van der Waals surface area contributed by atoms with Gasteiger partial charge in [0.25, 0.3) is 5.91 Å². The minimum atomic E-state index is -0.316. The van der Waals surface area contributed by atoms with Crippen molar-refractivity contribution in [2.45, 2.75) is 39.2 Å². The first-order chi connectivity index (χ1) is 6.93. The van der Waals surface area contributed by atoms with E-state index in [-0.39, 0.29) is 11.4 Å². The van der Waals surface area contributed by atoms with Gasteiger partial charge in [0.1, 0.15) is 0 Å². The van der Waals surface area contributed by atoms with Crippen LogP contribution in [0.2, 0.25) is 0 Å². The number of carbonyl (C=O) groups is 1. The molecule has 2 heteroatoms. The Kier molecular flexibility index (Phi) is 5.06. The third-order valence-corrected chi connectivity index (χ3v) is 2.91. The smallest absolute Gasteiger partial charge is 0.251 e. The van der Waals surface area contributed by atoms with Gasteiger partial charge in [0, 0.05) is 5.57 Å². The molecule has 1 N–H and O–H groups in total. The molecule has 0 rings (SSSR count). The highest BCUT2D eigenvalue weighted by molar-refractivity contribution is 5.96. The number of amides is 1. The summed E-state index contributed by atoms with van der Waals surface area (Å²) in [6.45, 7) is 17.1. The Bertz CT molecular complexity index is 285. The lowest BCUT2D eigenvalue weighted by Crippen LogP contribution is -2.48. The first-order valence-corrected chi connectivity index (χ1v) is 5.23. The summed E-state index contributed by atoms with van der Waals surface area (Å²) < 4.78 is 0. The van der Waals surface area contributed by atoms with Crippen molar-refractivity contribution in [3.05, 3.63) is 37.0 Å². The lowest BCUT2D eigenvalue weighted by atomic mass is 9.86. The van der Waals surface area contributed by atoms with Crippen LogP contribution in [0, 0.1) is 0 Å². The zero-order chi connectivity index (χ0) is 12.1. The lowest BCUT2D eigenvalue weighted by Gasteiger charge is -2.33. The van der Waals surface area contributed by atoms with Crippen molar-refractivity contribution in [2.24, 2.45) is 0 Å². The topological polar surface area (TPSA) is 29.1 Å². The van der Waals surface area contributed by atoms with Crippen molar-refractivity contribution in [3.63, 3.8) is 0 Å². The van der Waals surface area contributed by atoms with Crippen LogP contribution < -0.4 is 5.32 Å². The van der Waals surface area contributed by atoms with Gasteiger partial charge in [-0.3, -0.25) is 4.79 Å². The highest BCUT2D eigenvalue weighted by atomic mass is 16.1. The molecule has 0 aromatic heterocycles. The van der Waals surface area contributed by atoms with Gasteiger partial charge in [-0.05, 0) is 19.8 Å². The molecule has 0 radical (unpaired) electrons. The third-order valence-electron chi connectivity index (χ3n) is 2.91. The Morgan fingerprint density at radius 1 is 1.33 bits per heavy atom. The van der Waals surface area contributed by atoms with Gasteiger partial charge >= 0.3 is 0 Å². The zero-order valence-electron chi connectivity index (χ0n) is 10.0. The molecular weight excluding hydrogens is 186 g/mol. The van der Waals surface area contributed by atoms with Crippen molar-refractivity contribution in [1.29, 1.82) is 0 Å². The van der Waals surface area contributed by atoms with Gasteiger partial charge in [-0.25, -0.2) is 0 Å². The Balaban J connectivity index is 4.84. The quantitative estimate of drug-likeness (QED) is 0.405. The molecule has 0 aromatic rings. The molecule has 2 nitrogen and oxygen atoms in total. The van der Waals surface area contributed by atoms with Crippen molar-refractivity contribution in [1.82, 2.24) is 5.32 Å². The SMILES string of the molecule is C=CC(=C)C(=O)NC(CC)(CC)C(=C)C. The summed E-state index contributed by atoms with van der Waals surface area (Å²) >= 11 is 0. The fourth-order valence-corrected chi connectivity index (χ4v) is 1.53. The van der Waals surface area contributed by atoms with Crippen LogP contribution in [0.25, 0.3) is 0 Å². The summed E-state index contributed by atoms with van der Waals surface area (Å²) in [5.41, 5.74) is 1.04. The zero-order valence-corrected chi connectivity index (χ0v) is 10.0. The fraction of sp³-hybridized carbons (Fsp3) is 0.462. The first-order valence-electron chi connectivity index (χ1n) is 5.23. The molecule has 0 aromatic carbocycles. The Morgan fingerprint density at radius 2 is 1.80 bits per heavy atom. The number of rotatable bonds is 6. The van der Waals surface area contributed by atoms with E-state index in [1.165, 1.54) is 6.08 Å². The Morgan fingerprint density at radius 3 is 2.07 bits per heavy atom. The van der Waals surface area contributed by atoms with Crippen LogP contribution in [0.15, 0.2) is 37.0 Å². The van der Waals surface area contributed by atoms with E-state index in [1.54, 1.807) is 0 Å². The minimum Gasteiger partial charge on any atom is -0.343 e. The van der Waals surface area contributed by atoms with Crippen molar-refractivity contribution in [3.8, 4) is 0 Å². The summed E-state index contributed by atoms with van der Waals surface area (Å²) in [5, 5.41) is 2.97. The van der Waals surface area contributed by atoms with Crippen LogP contribution in [0.5, 0.6) is 0 Å². The number of hydrogen-bond acceptors (Lipinski definition) is 1. The van der Waals surface area contributed by atoms with Crippen LogP contribution >= 0.6 is 0 Å². The van der Waals surface area contributed by atoms with Gasteiger partial charge in [-0.15, -0.1) is 0 Å². The maximum absolute atomic E-state index is 11.7. The van der Waals surface area contributed by atoms with Gasteiger partial charge in [0.2, 0.25) is 0 Å². The molecule has 15 heavy (non-hydrogen) atoms. The van der Waals surface area contributed by atoms with Crippen LogP contribution in [-0.2, 0) is 4.79 Å². The van der Waals surface area contributed by atoms with E-state index in [9.17, 15) is 4.79 Å². The van der Waals surface area contributed by atoms with E-state index >= 15 is 0 Å². The largest absolute Gasteiger partial charge is 0.343 e. The number of nitrogens with one attached hydrogen (secondary N) is 1. The van der Waals surface area contributed by atoms with E-state index in [0.717, 1.165) is 18.4 Å². The number of hydrogen-bond donors (Lipinski definition) is 1. The molecule has 0 heterocycles. The van der Waals surface area contributed by atoms with Crippen LogP contribution in [-0.4, -0.2) is 11.4 Å². The second-order valence-electron chi connectivity index (χ2n) is 3.75. The monoisotopic (exact) mass is 207 g/mol. The molecule has 0 bridgehead atoms. The summed E-state index contributed by atoms with van der Waals surface area (Å²) in [6.07, 6.45) is 3.12. The molecule has 0 saturated carbocycles. The minimum absolute atomic E-state index is 0.170. The predicted molar refractivity (Wildman–Crippen MR) is 65.6 cm³/mol. The summed E-state index contributed by atoms with van der Waals surface area (Å²) in [5.74, 6) is -0.170. The standard InChI is InChI=1S/C13H21NO/c1-7-11(6)12(15)14-13(8-2,9-3)10(4)5/h7H,1,4,6,8-9H2,2-3,5H3,(H,14,15). The number of carbonyl (C=O) groups excluding carboxylic acids is 1. The molecule has 84 valence electrons. The maximum atomic E-state index is 11.7. The molecule has 0 saturated heterocycles. The van der Waals surface area contributed by atoms with Crippen molar-refractivity contribution >= 4 is 5.91 Å². The van der Waals surface area contributed by atoms with E-state index in [4.69, 9.17) is 0 Å². The van der Waals surface area contributed by atoms with Gasteiger partial charge in [0.05, 0.1) is 5.54 Å². The van der Waals surface area contributed by atoms with Gasteiger partial charge < -0.3 is 5.32 Å². The Hall–Kier alpha value is -1.31. The van der Waals surface area contributed by atoms with Crippen LogP contribution in [0.4, 0.5) is 0 Å². The summed E-state index contributed by atoms with van der Waals surface area (Å²) in [4.78, 5) is 11.7. The molecule has 0 atom stereocenters. The predicted octanol–water partition coefficient (Wildman–Crippen LogP) is 2.98. The highest BCUT2D eigenvalue weighted by Crippen LogP contribution is 2.23. The van der Waals surface area contributed by atoms with Gasteiger partial charge in [-0.1, -0.05) is 45.2 Å². The van der Waals surface area contributed by atoms with Crippen molar-refractivity contribution < 1.29 is 4.79 Å². The molecule has 0 aliphatic heterocycles. The molecule has 0 aliphatic carbocycles. The second-order valence-corrected chi connectivity index (χ2v) is 3.75. The van der Waals surface area contributed by atoms with Gasteiger partial charge in [0.15, 0.2) is 0 Å². The first kappa shape index (κ1) is 13.7. The summed E-state index contributed by atoms with van der Waals surface area (Å²) in [6, 6.07) is 0. The highest BCUT2D eigenvalue weighted by Gasteiger charge is 2.28. The maximum Gasteiger partial charge on any atom is 0.251 e.